The predicted octanol–water partition coefficient (Wildman–Crippen LogP) is 1.25. The predicted molar refractivity (Wildman–Crippen MR) is 136 cm³/mol. The van der Waals surface area contributed by atoms with E-state index in [-0.39, 0.29) is 87.0 Å². The molecule has 1 aliphatic rings. The molecule has 0 spiro atoms. The van der Waals surface area contributed by atoms with Gasteiger partial charge in [-0.1, -0.05) is 0 Å². The Hall–Kier alpha value is -3.06. The average Bonchev–Trinajstić information content (AvgIpc) is 2.92. The quantitative estimate of drug-likeness (QED) is 0.349. The lowest BCUT2D eigenvalue weighted by molar-refractivity contribution is -0.385. The van der Waals surface area contributed by atoms with E-state index < -0.39 is 29.9 Å². The molecule has 0 unspecified atom stereocenters. The van der Waals surface area contributed by atoms with E-state index in [1.165, 1.54) is 0 Å². The number of ether oxygens (including phenoxy) is 3. The van der Waals surface area contributed by atoms with Crippen molar-refractivity contribution in [2.45, 2.75) is 9.79 Å². The van der Waals surface area contributed by atoms with Crippen LogP contribution in [0.1, 0.15) is 0 Å². The van der Waals surface area contributed by atoms with Crippen molar-refractivity contribution >= 4 is 31.4 Å². The highest BCUT2D eigenvalue weighted by molar-refractivity contribution is 7.89. The van der Waals surface area contributed by atoms with Gasteiger partial charge >= 0.3 is 0 Å². The van der Waals surface area contributed by atoms with Gasteiger partial charge in [0, 0.05) is 50.4 Å². The van der Waals surface area contributed by atoms with Crippen molar-refractivity contribution in [1.29, 1.82) is 0 Å². The first-order chi connectivity index (χ1) is 18.5. The van der Waals surface area contributed by atoms with Crippen LogP contribution in [0.3, 0.4) is 0 Å². The van der Waals surface area contributed by atoms with Crippen LogP contribution in [0, 0.1) is 20.2 Å². The monoisotopic (exact) mass is 588 g/mol. The van der Waals surface area contributed by atoms with Gasteiger partial charge in [-0.2, -0.15) is 8.61 Å². The molecule has 0 atom stereocenters. The summed E-state index contributed by atoms with van der Waals surface area (Å²) in [5, 5.41) is 21.8. The van der Waals surface area contributed by atoms with Gasteiger partial charge in [0.2, 0.25) is 20.0 Å². The van der Waals surface area contributed by atoms with Gasteiger partial charge in [-0.25, -0.2) is 16.8 Å². The standard InChI is InChI=1S/C22H28N4O11S2/c27-25(28)19-1-5-21(6-2-19)38(31,32)23-9-13-35-14-10-24(12-16-37-18-17-36-15-11-23)39(33,34)22-7-3-20(4-8-22)26(29)30/h1-8H,9-18H2. The maximum absolute atomic E-state index is 13.2. The fourth-order valence-electron chi connectivity index (χ4n) is 3.57. The second-order valence-corrected chi connectivity index (χ2v) is 12.0. The summed E-state index contributed by atoms with van der Waals surface area (Å²) in [5.74, 6) is 0. The van der Waals surface area contributed by atoms with Gasteiger partial charge in [-0.15, -0.1) is 0 Å². The molecule has 0 amide bonds. The molecule has 39 heavy (non-hydrogen) atoms. The summed E-state index contributed by atoms with van der Waals surface area (Å²) in [5.41, 5.74) is -0.489. The Bertz CT molecular complexity index is 1230. The summed E-state index contributed by atoms with van der Waals surface area (Å²) >= 11 is 0. The van der Waals surface area contributed by atoms with Crippen LogP contribution in [-0.4, -0.2) is 101 Å². The molecule has 0 aliphatic carbocycles. The lowest BCUT2D eigenvalue weighted by Gasteiger charge is -2.23. The van der Waals surface area contributed by atoms with Gasteiger partial charge in [0.05, 0.1) is 59.3 Å². The smallest absolute Gasteiger partial charge is 0.269 e. The first-order valence-corrected chi connectivity index (χ1v) is 14.6. The van der Waals surface area contributed by atoms with Crippen molar-refractivity contribution in [2.75, 3.05) is 65.8 Å². The molecule has 0 radical (unpaired) electrons. The number of nitro benzene ring substituents is 2. The number of benzene rings is 2. The third kappa shape index (κ3) is 8.21. The van der Waals surface area contributed by atoms with Crippen LogP contribution in [-0.2, 0) is 34.3 Å². The molecule has 0 aromatic heterocycles. The molecule has 214 valence electrons. The van der Waals surface area contributed by atoms with Crippen LogP contribution in [0.15, 0.2) is 58.3 Å². The maximum Gasteiger partial charge on any atom is 0.269 e. The Kier molecular flexibility index (Phi) is 10.8. The van der Waals surface area contributed by atoms with Gasteiger partial charge < -0.3 is 14.2 Å². The highest BCUT2D eigenvalue weighted by Crippen LogP contribution is 2.21. The van der Waals surface area contributed by atoms with Gasteiger partial charge in [0.15, 0.2) is 0 Å². The van der Waals surface area contributed by atoms with Crippen molar-refractivity contribution in [3.8, 4) is 0 Å². The third-order valence-corrected chi connectivity index (χ3v) is 9.51. The SMILES string of the molecule is O=[N+]([O-])c1ccc(S(=O)(=O)N2CCOCCOCCN(S(=O)(=O)c3ccc([N+](=O)[O-])cc3)CCOCC2)cc1. The second kappa shape index (κ2) is 13.8. The fraction of sp³-hybridized carbons (Fsp3) is 0.455. The Morgan fingerprint density at radius 3 is 1.10 bits per heavy atom. The topological polar surface area (TPSA) is 189 Å². The molecule has 3 rings (SSSR count). The van der Waals surface area contributed by atoms with Crippen molar-refractivity contribution in [2.24, 2.45) is 0 Å². The first kappa shape index (κ1) is 30.5. The van der Waals surface area contributed by atoms with Crippen molar-refractivity contribution < 1.29 is 40.9 Å². The number of non-ortho nitro benzene ring substituents is 2. The number of hydrogen-bond acceptors (Lipinski definition) is 11. The maximum atomic E-state index is 13.2. The first-order valence-electron chi connectivity index (χ1n) is 11.8. The molecule has 2 aromatic carbocycles. The summed E-state index contributed by atoms with van der Waals surface area (Å²) in [4.78, 5) is 20.3. The number of rotatable bonds is 6. The molecule has 0 saturated carbocycles. The Morgan fingerprint density at radius 1 is 0.538 bits per heavy atom. The van der Waals surface area contributed by atoms with Crippen LogP contribution in [0.2, 0.25) is 0 Å². The molecule has 15 nitrogen and oxygen atoms in total. The van der Waals surface area contributed by atoms with E-state index in [1.807, 2.05) is 0 Å². The summed E-state index contributed by atoms with van der Waals surface area (Å²) < 4.78 is 71.4. The number of nitrogens with zero attached hydrogens (tertiary/aromatic N) is 4. The van der Waals surface area contributed by atoms with E-state index in [0.717, 1.165) is 57.1 Å². The molecule has 1 heterocycles. The normalized spacial score (nSPS) is 18.1. The van der Waals surface area contributed by atoms with Crippen LogP contribution in [0.25, 0.3) is 0 Å². The summed E-state index contributed by atoms with van der Waals surface area (Å²) in [6.07, 6.45) is 0. The van der Waals surface area contributed by atoms with Gasteiger partial charge in [0.25, 0.3) is 11.4 Å². The van der Waals surface area contributed by atoms with E-state index in [4.69, 9.17) is 14.2 Å². The van der Waals surface area contributed by atoms with Gasteiger partial charge in [-0.05, 0) is 24.3 Å². The van der Waals surface area contributed by atoms with E-state index in [9.17, 15) is 37.1 Å². The minimum Gasteiger partial charge on any atom is -0.379 e. The Morgan fingerprint density at radius 2 is 0.821 bits per heavy atom. The summed E-state index contributed by atoms with van der Waals surface area (Å²) in [6, 6.07) is 9.02. The molecule has 1 aliphatic heterocycles. The van der Waals surface area contributed by atoms with Crippen LogP contribution in [0.5, 0.6) is 0 Å². The van der Waals surface area contributed by atoms with E-state index in [2.05, 4.69) is 0 Å². The number of hydrogen-bond donors (Lipinski definition) is 0. The lowest BCUT2D eigenvalue weighted by atomic mass is 10.3. The zero-order valence-corrected chi connectivity index (χ0v) is 22.4. The highest BCUT2D eigenvalue weighted by atomic mass is 32.2. The molecule has 1 fully saturated rings. The van der Waals surface area contributed by atoms with Crippen LogP contribution >= 0.6 is 0 Å². The van der Waals surface area contributed by atoms with E-state index in [0.29, 0.717) is 0 Å². The van der Waals surface area contributed by atoms with E-state index in [1.54, 1.807) is 0 Å². The molecular weight excluding hydrogens is 560 g/mol. The van der Waals surface area contributed by atoms with Gasteiger partial charge in [0.1, 0.15) is 0 Å². The highest BCUT2D eigenvalue weighted by Gasteiger charge is 2.27. The average molecular weight is 589 g/mol. The van der Waals surface area contributed by atoms with Crippen molar-refractivity contribution in [3.05, 3.63) is 68.8 Å². The molecule has 1 saturated heterocycles. The summed E-state index contributed by atoms with van der Waals surface area (Å²) in [6.45, 7) is 0.0813. The largest absolute Gasteiger partial charge is 0.379 e. The minimum atomic E-state index is -4.03. The fourth-order valence-corrected chi connectivity index (χ4v) is 6.39. The number of nitro groups is 2. The van der Waals surface area contributed by atoms with Crippen LogP contribution < -0.4 is 0 Å². The molecule has 17 heteroatoms. The lowest BCUT2D eigenvalue weighted by Crippen LogP contribution is -2.38. The second-order valence-electron chi connectivity index (χ2n) is 8.15. The molecule has 0 bridgehead atoms. The van der Waals surface area contributed by atoms with Gasteiger partial charge in [-0.3, -0.25) is 20.2 Å². The van der Waals surface area contributed by atoms with Crippen LogP contribution in [0.4, 0.5) is 11.4 Å². The molecule has 2 aromatic rings. The molecular formula is C22H28N4O11S2. The minimum absolute atomic E-state index is 0.0106. The Labute approximate surface area is 225 Å². The summed E-state index contributed by atoms with van der Waals surface area (Å²) in [7, 11) is -8.06. The zero-order valence-electron chi connectivity index (χ0n) is 20.8. The van der Waals surface area contributed by atoms with E-state index >= 15 is 0 Å². The van der Waals surface area contributed by atoms with Crippen molar-refractivity contribution in [3.63, 3.8) is 0 Å². The number of sulfonamides is 2. The zero-order chi connectivity index (χ0) is 28.5. The third-order valence-electron chi connectivity index (χ3n) is 5.68. The Balaban J connectivity index is 1.71. The molecule has 0 N–H and O–H groups in total. The van der Waals surface area contributed by atoms with Crippen molar-refractivity contribution in [1.82, 2.24) is 8.61 Å².